The molecular weight excluding hydrogens is 199 g/mol. The Morgan fingerprint density at radius 2 is 2.20 bits per heavy atom. The van der Waals surface area contributed by atoms with Crippen LogP contribution >= 0.6 is 0 Å². The summed E-state index contributed by atoms with van der Waals surface area (Å²) in [5.41, 5.74) is 6.38. The molecule has 0 atom stereocenters. The van der Waals surface area contributed by atoms with E-state index in [1.165, 1.54) is 24.3 Å². The molecule has 0 radical (unpaired) electrons. The Kier molecular flexibility index (Phi) is 2.21. The smallest absolute Gasteiger partial charge is 0.222 e. The van der Waals surface area contributed by atoms with E-state index in [2.05, 4.69) is 9.68 Å². The van der Waals surface area contributed by atoms with E-state index in [1.807, 2.05) is 0 Å². The third-order valence-electron chi connectivity index (χ3n) is 1.95. The fraction of sp³-hybridized carbons (Fsp3) is 0. The number of rotatable bonds is 2. The van der Waals surface area contributed by atoms with Crippen molar-refractivity contribution in [1.82, 2.24) is 5.16 Å². The van der Waals surface area contributed by atoms with E-state index < -0.39 is 5.82 Å². The Morgan fingerprint density at radius 1 is 1.40 bits per heavy atom. The van der Waals surface area contributed by atoms with Gasteiger partial charge in [-0.15, -0.1) is 0 Å². The van der Waals surface area contributed by atoms with Gasteiger partial charge in [-0.05, 0) is 18.2 Å². The zero-order valence-electron chi connectivity index (χ0n) is 7.61. The SMILES string of the molecule is Nc1cc(-c2cc(F)ccc2C=O)no1. The van der Waals surface area contributed by atoms with Crippen molar-refractivity contribution in [3.05, 3.63) is 35.6 Å². The first-order valence-electron chi connectivity index (χ1n) is 4.18. The summed E-state index contributed by atoms with van der Waals surface area (Å²) in [4.78, 5) is 10.7. The van der Waals surface area contributed by atoms with Crippen LogP contribution in [0.2, 0.25) is 0 Å². The number of anilines is 1. The molecule has 0 aliphatic carbocycles. The van der Waals surface area contributed by atoms with Gasteiger partial charge in [-0.25, -0.2) is 4.39 Å². The van der Waals surface area contributed by atoms with Crippen LogP contribution in [0.4, 0.5) is 10.3 Å². The minimum absolute atomic E-state index is 0.117. The van der Waals surface area contributed by atoms with Crippen molar-refractivity contribution < 1.29 is 13.7 Å². The lowest BCUT2D eigenvalue weighted by Gasteiger charge is -1.99. The summed E-state index contributed by atoms with van der Waals surface area (Å²) in [7, 11) is 0. The number of aldehydes is 1. The molecule has 0 spiro atoms. The molecule has 76 valence electrons. The normalized spacial score (nSPS) is 10.2. The van der Waals surface area contributed by atoms with Gasteiger partial charge in [0.15, 0.2) is 6.29 Å². The Balaban J connectivity index is 2.59. The van der Waals surface area contributed by atoms with E-state index in [4.69, 9.17) is 5.73 Å². The number of nitrogens with two attached hydrogens (primary N) is 1. The molecule has 1 aromatic carbocycles. The zero-order valence-corrected chi connectivity index (χ0v) is 7.61. The summed E-state index contributed by atoms with van der Waals surface area (Å²) in [6, 6.07) is 5.22. The third kappa shape index (κ3) is 1.71. The number of nitrogen functional groups attached to an aromatic ring is 1. The molecule has 0 aliphatic heterocycles. The van der Waals surface area contributed by atoms with Crippen molar-refractivity contribution in [1.29, 1.82) is 0 Å². The quantitative estimate of drug-likeness (QED) is 0.761. The molecular formula is C10H7FN2O2. The van der Waals surface area contributed by atoms with E-state index in [0.29, 0.717) is 23.1 Å². The van der Waals surface area contributed by atoms with Gasteiger partial charge in [0, 0.05) is 17.2 Å². The first kappa shape index (κ1) is 9.39. The summed E-state index contributed by atoms with van der Waals surface area (Å²) in [6.07, 6.45) is 0.625. The fourth-order valence-corrected chi connectivity index (χ4v) is 1.27. The monoisotopic (exact) mass is 206 g/mol. The molecule has 4 nitrogen and oxygen atoms in total. The van der Waals surface area contributed by atoms with Crippen LogP contribution in [0.5, 0.6) is 0 Å². The van der Waals surface area contributed by atoms with E-state index in [0.717, 1.165) is 0 Å². The molecule has 2 aromatic rings. The van der Waals surface area contributed by atoms with Gasteiger partial charge < -0.3 is 10.3 Å². The van der Waals surface area contributed by atoms with Crippen LogP contribution in [0.15, 0.2) is 28.8 Å². The Morgan fingerprint density at radius 3 is 2.80 bits per heavy atom. The number of hydrogen-bond donors (Lipinski definition) is 1. The molecule has 1 heterocycles. The first-order chi connectivity index (χ1) is 7.20. The van der Waals surface area contributed by atoms with Crippen LogP contribution in [-0.2, 0) is 0 Å². The predicted octanol–water partition coefficient (Wildman–Crippen LogP) is 1.88. The van der Waals surface area contributed by atoms with Crippen LogP contribution in [-0.4, -0.2) is 11.4 Å². The molecule has 0 saturated heterocycles. The van der Waals surface area contributed by atoms with Crippen LogP contribution in [0.3, 0.4) is 0 Å². The Labute approximate surface area is 84.5 Å². The average Bonchev–Trinajstić information content (AvgIpc) is 2.65. The van der Waals surface area contributed by atoms with Gasteiger partial charge in [-0.2, -0.15) is 0 Å². The van der Waals surface area contributed by atoms with E-state index in [9.17, 15) is 9.18 Å². The van der Waals surface area contributed by atoms with E-state index in [1.54, 1.807) is 0 Å². The van der Waals surface area contributed by atoms with Gasteiger partial charge in [0.1, 0.15) is 11.5 Å². The summed E-state index contributed by atoms with van der Waals surface area (Å²) >= 11 is 0. The molecule has 0 amide bonds. The standard InChI is InChI=1S/C10H7FN2O2/c11-7-2-1-6(5-14)8(3-7)9-4-10(12)15-13-9/h1-5H,12H2. The summed E-state index contributed by atoms with van der Waals surface area (Å²) in [5.74, 6) is -0.330. The van der Waals surface area contributed by atoms with Crippen molar-refractivity contribution in [2.24, 2.45) is 0 Å². The van der Waals surface area contributed by atoms with Gasteiger partial charge in [0.05, 0.1) is 0 Å². The molecule has 0 aliphatic rings. The summed E-state index contributed by atoms with van der Waals surface area (Å²) in [5, 5.41) is 3.61. The largest absolute Gasteiger partial charge is 0.368 e. The highest BCUT2D eigenvalue weighted by Crippen LogP contribution is 2.24. The summed E-state index contributed by atoms with van der Waals surface area (Å²) < 4.78 is 17.6. The van der Waals surface area contributed by atoms with Crippen molar-refractivity contribution in [2.45, 2.75) is 0 Å². The van der Waals surface area contributed by atoms with Crippen LogP contribution < -0.4 is 5.73 Å². The van der Waals surface area contributed by atoms with E-state index in [-0.39, 0.29) is 5.88 Å². The molecule has 2 rings (SSSR count). The highest BCUT2D eigenvalue weighted by atomic mass is 19.1. The highest BCUT2D eigenvalue weighted by molar-refractivity contribution is 5.86. The lowest BCUT2D eigenvalue weighted by Crippen LogP contribution is -1.89. The molecule has 5 heteroatoms. The number of aromatic nitrogens is 1. The molecule has 0 saturated carbocycles. The second-order valence-electron chi connectivity index (χ2n) is 2.96. The lowest BCUT2D eigenvalue weighted by atomic mass is 10.1. The fourth-order valence-electron chi connectivity index (χ4n) is 1.27. The lowest BCUT2D eigenvalue weighted by molar-refractivity contribution is 0.112. The van der Waals surface area contributed by atoms with Crippen molar-refractivity contribution in [3.63, 3.8) is 0 Å². The number of nitrogens with zero attached hydrogens (tertiary/aromatic N) is 1. The predicted molar refractivity (Wildman–Crippen MR) is 51.7 cm³/mol. The van der Waals surface area contributed by atoms with Crippen molar-refractivity contribution in [3.8, 4) is 11.3 Å². The van der Waals surface area contributed by atoms with E-state index >= 15 is 0 Å². The second kappa shape index (κ2) is 3.53. The highest BCUT2D eigenvalue weighted by Gasteiger charge is 2.10. The third-order valence-corrected chi connectivity index (χ3v) is 1.95. The molecule has 0 bridgehead atoms. The molecule has 1 aromatic heterocycles. The van der Waals surface area contributed by atoms with Crippen LogP contribution in [0.25, 0.3) is 11.3 Å². The second-order valence-corrected chi connectivity index (χ2v) is 2.96. The molecule has 0 unspecified atom stereocenters. The summed E-state index contributed by atoms with van der Waals surface area (Å²) in [6.45, 7) is 0. The van der Waals surface area contributed by atoms with Gasteiger partial charge in [-0.1, -0.05) is 5.16 Å². The zero-order chi connectivity index (χ0) is 10.8. The molecule has 0 fully saturated rings. The average molecular weight is 206 g/mol. The maximum Gasteiger partial charge on any atom is 0.222 e. The number of hydrogen-bond acceptors (Lipinski definition) is 4. The maximum absolute atomic E-state index is 13.0. The van der Waals surface area contributed by atoms with Crippen molar-refractivity contribution in [2.75, 3.05) is 5.73 Å². The van der Waals surface area contributed by atoms with Gasteiger partial charge >= 0.3 is 0 Å². The molecule has 2 N–H and O–H groups in total. The van der Waals surface area contributed by atoms with Crippen LogP contribution in [0.1, 0.15) is 10.4 Å². The number of halogens is 1. The van der Waals surface area contributed by atoms with Crippen LogP contribution in [0, 0.1) is 5.82 Å². The van der Waals surface area contributed by atoms with Gasteiger partial charge in [0.25, 0.3) is 0 Å². The van der Waals surface area contributed by atoms with Gasteiger partial charge in [-0.3, -0.25) is 4.79 Å². The number of carbonyl (C=O) groups is 1. The minimum Gasteiger partial charge on any atom is -0.368 e. The minimum atomic E-state index is -0.447. The Hall–Kier alpha value is -2.17. The first-order valence-corrected chi connectivity index (χ1v) is 4.18. The maximum atomic E-state index is 13.0. The topological polar surface area (TPSA) is 69.1 Å². The number of benzene rings is 1. The molecule has 15 heavy (non-hydrogen) atoms. The Bertz CT molecular complexity index is 508. The van der Waals surface area contributed by atoms with Crippen molar-refractivity contribution >= 4 is 12.2 Å². The van der Waals surface area contributed by atoms with Gasteiger partial charge in [0.2, 0.25) is 5.88 Å². The number of carbonyl (C=O) groups excluding carboxylic acids is 1.